The highest BCUT2D eigenvalue weighted by atomic mass is 32.3. The largest absolute Gasteiger partial charge is 0.305 e. The van der Waals surface area contributed by atoms with Crippen molar-refractivity contribution in [3.8, 4) is 0 Å². The van der Waals surface area contributed by atoms with Crippen LogP contribution < -0.4 is 0 Å². The molecule has 4 rings (SSSR count). The van der Waals surface area contributed by atoms with Gasteiger partial charge in [-0.15, -0.1) is 15.5 Å². The van der Waals surface area contributed by atoms with E-state index in [9.17, 15) is 66.8 Å². The summed E-state index contributed by atoms with van der Waals surface area (Å²) in [5.74, 6) is -4.97. The Hall–Kier alpha value is -4.44. The molecule has 4 heterocycles. The molecule has 0 aliphatic heterocycles. The predicted octanol–water partition coefficient (Wildman–Crippen LogP) is 5.63. The van der Waals surface area contributed by atoms with E-state index in [1.54, 1.807) is 0 Å². The van der Waals surface area contributed by atoms with Gasteiger partial charge in [0.15, 0.2) is 23.3 Å². The number of aromatic nitrogens is 8. The maximum absolute atomic E-state index is 12.6. The van der Waals surface area contributed by atoms with Gasteiger partial charge in [-0.2, -0.15) is 33.7 Å². The molecule has 0 N–H and O–H groups in total. The van der Waals surface area contributed by atoms with Crippen LogP contribution in [0.5, 0.6) is 0 Å². The van der Waals surface area contributed by atoms with E-state index in [1.807, 2.05) is 0 Å². The van der Waals surface area contributed by atoms with Crippen LogP contribution in [0.1, 0.15) is 102 Å². The minimum Gasteiger partial charge on any atom is -0.238 e. The molecule has 336 valence electrons. The SMILES string of the molecule is C[C@@H](c1ncc(F)cn1)[C@H](C)S(=O)(=O)F.C[C@H]([C@@H](C)c1ncc(F)cn1)S(=O)(=O)F.C[C@H](c1ncc(F)cn1)[C@@H](C)S(=O)(=O)F.C[C@H](c1ncc(F)cn1)[C@H](C)S(=O)(=O)F. The highest BCUT2D eigenvalue weighted by molar-refractivity contribution is 7.87. The second-order valence-electron chi connectivity index (χ2n) is 12.9. The molecule has 4 aromatic heterocycles. The second kappa shape index (κ2) is 22.4. The normalized spacial score (nSPS) is 16.0. The van der Waals surface area contributed by atoms with E-state index in [-0.39, 0.29) is 23.3 Å². The zero-order valence-corrected chi connectivity index (χ0v) is 36.0. The first-order chi connectivity index (χ1) is 27.3. The number of halogens is 8. The van der Waals surface area contributed by atoms with E-state index >= 15 is 0 Å². The van der Waals surface area contributed by atoms with Gasteiger partial charge in [-0.25, -0.2) is 57.4 Å². The predicted molar refractivity (Wildman–Crippen MR) is 200 cm³/mol. The summed E-state index contributed by atoms with van der Waals surface area (Å²) >= 11 is 0. The molecule has 0 spiro atoms. The molecule has 60 heavy (non-hydrogen) atoms. The maximum atomic E-state index is 12.6. The van der Waals surface area contributed by atoms with Crippen LogP contribution in [-0.4, -0.2) is 94.5 Å². The Morgan fingerprint density at radius 3 is 0.533 bits per heavy atom. The third-order valence-corrected chi connectivity index (χ3v) is 14.0. The molecule has 0 aliphatic rings. The van der Waals surface area contributed by atoms with Crippen LogP contribution in [-0.2, 0) is 40.9 Å². The van der Waals surface area contributed by atoms with Gasteiger partial charge >= 0.3 is 40.9 Å². The molecule has 0 saturated heterocycles. The van der Waals surface area contributed by atoms with Crippen LogP contribution >= 0.6 is 0 Å². The second-order valence-corrected chi connectivity index (χ2v) is 19.7. The summed E-state index contributed by atoms with van der Waals surface area (Å²) in [7, 11) is -18.5. The molecule has 0 aromatic carbocycles. The Morgan fingerprint density at radius 2 is 0.433 bits per heavy atom. The monoisotopic (exact) mass is 944 g/mol. The van der Waals surface area contributed by atoms with Crippen molar-refractivity contribution in [2.24, 2.45) is 0 Å². The molecule has 8 atom stereocenters. The van der Waals surface area contributed by atoms with E-state index in [0.717, 1.165) is 49.6 Å². The summed E-state index contributed by atoms with van der Waals surface area (Å²) in [4.78, 5) is 28.8. The van der Waals surface area contributed by atoms with Crippen molar-refractivity contribution >= 4 is 40.9 Å². The number of nitrogens with zero attached hydrogens (tertiary/aromatic N) is 8. The average molecular weight is 945 g/mol. The Labute approximate surface area is 342 Å². The molecule has 0 unspecified atom stereocenters. The van der Waals surface area contributed by atoms with Gasteiger partial charge in [-0.05, 0) is 27.7 Å². The lowest BCUT2D eigenvalue weighted by Crippen LogP contribution is -2.21. The Bertz CT molecular complexity index is 2070. The van der Waals surface area contributed by atoms with Gasteiger partial charge in [-0.1, -0.05) is 27.7 Å². The molecular weight excluding hydrogens is 905 g/mol. The van der Waals surface area contributed by atoms with Crippen molar-refractivity contribution in [1.82, 2.24) is 39.9 Å². The van der Waals surface area contributed by atoms with Gasteiger partial charge in [0.05, 0.1) is 70.6 Å². The van der Waals surface area contributed by atoms with E-state index in [1.165, 1.54) is 55.4 Å². The molecule has 28 heteroatoms. The number of hydrogen-bond acceptors (Lipinski definition) is 16. The van der Waals surface area contributed by atoms with E-state index < -0.39 is 109 Å². The zero-order chi connectivity index (χ0) is 46.6. The van der Waals surface area contributed by atoms with Crippen LogP contribution in [0.2, 0.25) is 0 Å². The molecule has 0 bridgehead atoms. The fraction of sp³-hybridized carbons (Fsp3) is 0.500. The first-order valence-electron chi connectivity index (χ1n) is 16.9. The standard InChI is InChI=1S/4C8H10F2N2O2S/c4*1-5(6(2)15(10,13)14)8-11-3-7(9)4-12-8/h4*3-6H,1-2H3/t2*5-,6+;2*5-,6-/m1010/s1. The van der Waals surface area contributed by atoms with Crippen molar-refractivity contribution < 1.29 is 66.8 Å². The van der Waals surface area contributed by atoms with Crippen molar-refractivity contribution in [2.75, 3.05) is 0 Å². The Balaban J connectivity index is 0.000000400. The van der Waals surface area contributed by atoms with Crippen LogP contribution in [0.25, 0.3) is 0 Å². The fourth-order valence-electron chi connectivity index (χ4n) is 4.04. The van der Waals surface area contributed by atoms with Crippen molar-refractivity contribution in [3.05, 3.63) is 96.1 Å². The molecular formula is C32H40F8N8O8S4. The zero-order valence-electron chi connectivity index (χ0n) is 32.7. The molecule has 0 aliphatic carbocycles. The summed E-state index contributed by atoms with van der Waals surface area (Å²) in [6.07, 6.45) is 7.30. The first kappa shape index (κ1) is 53.6. The molecule has 16 nitrogen and oxygen atoms in total. The third kappa shape index (κ3) is 17.6. The van der Waals surface area contributed by atoms with Crippen LogP contribution in [0, 0.1) is 23.3 Å². The quantitative estimate of drug-likeness (QED) is 0.124. The smallest absolute Gasteiger partial charge is 0.238 e. The molecule has 0 amide bonds. The first-order valence-corrected chi connectivity index (χ1v) is 22.7. The van der Waals surface area contributed by atoms with Gasteiger partial charge in [0.2, 0.25) is 0 Å². The van der Waals surface area contributed by atoms with Gasteiger partial charge in [0.25, 0.3) is 0 Å². The van der Waals surface area contributed by atoms with Crippen molar-refractivity contribution in [3.63, 3.8) is 0 Å². The van der Waals surface area contributed by atoms with Crippen LogP contribution in [0.4, 0.5) is 33.1 Å². The third-order valence-electron chi connectivity index (χ3n) is 8.78. The van der Waals surface area contributed by atoms with Gasteiger partial charge < -0.3 is 0 Å². The summed E-state index contributed by atoms with van der Waals surface area (Å²) in [6.45, 7) is 10.7. The summed E-state index contributed by atoms with van der Waals surface area (Å²) in [6, 6.07) is 0. The summed E-state index contributed by atoms with van der Waals surface area (Å²) in [5.41, 5.74) is 0. The highest BCUT2D eigenvalue weighted by Crippen LogP contribution is 2.25. The van der Waals surface area contributed by atoms with Crippen LogP contribution in [0.3, 0.4) is 0 Å². The Kier molecular flexibility index (Phi) is 20.0. The van der Waals surface area contributed by atoms with Gasteiger partial charge in [0.1, 0.15) is 23.3 Å². The van der Waals surface area contributed by atoms with E-state index in [4.69, 9.17) is 0 Å². The van der Waals surface area contributed by atoms with E-state index in [2.05, 4.69) is 39.9 Å². The van der Waals surface area contributed by atoms with Gasteiger partial charge in [0, 0.05) is 23.7 Å². The molecule has 0 saturated carbocycles. The van der Waals surface area contributed by atoms with Gasteiger partial charge in [-0.3, -0.25) is 0 Å². The fourth-order valence-corrected chi connectivity index (χ4v) is 6.48. The maximum Gasteiger partial charge on any atom is 0.305 e. The minimum absolute atomic E-state index is 0.102. The summed E-state index contributed by atoms with van der Waals surface area (Å²) in [5, 5.41) is -4.99. The summed E-state index contributed by atoms with van der Waals surface area (Å²) < 4.78 is 185. The Morgan fingerprint density at radius 1 is 0.317 bits per heavy atom. The van der Waals surface area contributed by atoms with Crippen molar-refractivity contribution in [1.29, 1.82) is 0 Å². The minimum atomic E-state index is -4.63. The number of hydrogen-bond donors (Lipinski definition) is 0. The molecule has 4 aromatic rings. The lowest BCUT2D eigenvalue weighted by Gasteiger charge is -2.13. The molecule has 0 radical (unpaired) electrons. The lowest BCUT2D eigenvalue weighted by atomic mass is 10.1. The lowest BCUT2D eigenvalue weighted by molar-refractivity contribution is 0.517. The van der Waals surface area contributed by atoms with Crippen molar-refractivity contribution in [2.45, 2.75) is 100 Å². The molecule has 0 fully saturated rings. The van der Waals surface area contributed by atoms with Crippen LogP contribution in [0.15, 0.2) is 49.6 Å². The topological polar surface area (TPSA) is 240 Å². The number of rotatable bonds is 12. The van der Waals surface area contributed by atoms with E-state index in [0.29, 0.717) is 0 Å². The average Bonchev–Trinajstić information content (AvgIpc) is 3.16. The highest BCUT2D eigenvalue weighted by Gasteiger charge is 2.31.